The maximum absolute atomic E-state index is 11.3. The summed E-state index contributed by atoms with van der Waals surface area (Å²) in [5, 5.41) is 0. The summed E-state index contributed by atoms with van der Waals surface area (Å²) in [4.78, 5) is 11.3. The maximum Gasteiger partial charge on any atom is 0.337 e. The van der Waals surface area contributed by atoms with Crippen molar-refractivity contribution in [2.75, 3.05) is 13.7 Å². The number of esters is 1. The highest BCUT2D eigenvalue weighted by atomic mass is 16.5. The number of hydrogen-bond acceptors (Lipinski definition) is 3. The van der Waals surface area contributed by atoms with Crippen LogP contribution in [0.1, 0.15) is 30.1 Å². The Morgan fingerprint density at radius 2 is 2.19 bits per heavy atom. The summed E-state index contributed by atoms with van der Waals surface area (Å²) < 4.78 is 10.3. The van der Waals surface area contributed by atoms with E-state index in [2.05, 4.69) is 11.7 Å². The first-order chi connectivity index (χ1) is 7.69. The fraction of sp³-hybridized carbons (Fsp3) is 0.417. The van der Waals surface area contributed by atoms with Crippen LogP contribution in [-0.2, 0) is 4.74 Å². The van der Waals surface area contributed by atoms with E-state index >= 15 is 0 Å². The first kappa shape index (κ1) is 12.6. The van der Waals surface area contributed by atoms with E-state index in [9.17, 15) is 4.79 Å². The topological polar surface area (TPSA) is 35.5 Å². The lowest BCUT2D eigenvalue weighted by Crippen LogP contribution is -2.12. The van der Waals surface area contributed by atoms with Crippen LogP contribution in [0.3, 0.4) is 0 Å². The molecule has 0 amide bonds. The lowest BCUT2D eigenvalue weighted by Gasteiger charge is -2.10. The molecule has 0 saturated heterocycles. The Kier molecular flexibility index (Phi) is 4.90. The van der Waals surface area contributed by atoms with Gasteiger partial charge in [0.25, 0.3) is 0 Å². The summed E-state index contributed by atoms with van der Waals surface area (Å²) in [7, 11) is 3.34. The van der Waals surface area contributed by atoms with Crippen LogP contribution in [0.4, 0.5) is 0 Å². The zero-order valence-corrected chi connectivity index (χ0v) is 10.1. The Labute approximate surface area is 97.2 Å². The predicted molar refractivity (Wildman–Crippen MR) is 66.4 cm³/mol. The number of hydrogen-bond donors (Lipinski definition) is 0. The van der Waals surface area contributed by atoms with Crippen LogP contribution in [0.2, 0.25) is 0 Å². The minimum atomic E-state index is -0.333. The molecule has 1 aromatic rings. The van der Waals surface area contributed by atoms with E-state index in [1.54, 1.807) is 12.1 Å². The van der Waals surface area contributed by atoms with Crippen LogP contribution in [-0.4, -0.2) is 27.5 Å². The molecule has 0 bridgehead atoms. The predicted octanol–water partition coefficient (Wildman–Crippen LogP) is 0.910. The van der Waals surface area contributed by atoms with E-state index in [1.807, 2.05) is 13.9 Å². The smallest absolute Gasteiger partial charge is 0.337 e. The molecule has 0 atom stereocenters. The normalized spacial score (nSPS) is 9.88. The van der Waals surface area contributed by atoms with Crippen molar-refractivity contribution in [3.8, 4) is 5.75 Å². The van der Waals surface area contributed by atoms with Gasteiger partial charge in [0.05, 0.1) is 19.3 Å². The molecule has 0 saturated carbocycles. The minimum absolute atomic E-state index is 0.333. The van der Waals surface area contributed by atoms with Crippen LogP contribution in [0.15, 0.2) is 18.2 Å². The summed E-state index contributed by atoms with van der Waals surface area (Å²) in [5.41, 5.74) is 1.56. The molecule has 16 heavy (non-hydrogen) atoms. The van der Waals surface area contributed by atoms with Gasteiger partial charge in [-0.05, 0) is 24.0 Å². The van der Waals surface area contributed by atoms with Crippen LogP contribution in [0.25, 0.3) is 0 Å². The largest absolute Gasteiger partial charge is 0.494 e. The van der Waals surface area contributed by atoms with Crippen LogP contribution >= 0.6 is 0 Å². The van der Waals surface area contributed by atoms with Gasteiger partial charge in [0, 0.05) is 0 Å². The molecule has 3 nitrogen and oxygen atoms in total. The number of benzene rings is 1. The third-order valence-corrected chi connectivity index (χ3v) is 2.36. The van der Waals surface area contributed by atoms with Crippen molar-refractivity contribution in [3.05, 3.63) is 23.8 Å². The van der Waals surface area contributed by atoms with Crippen LogP contribution in [0, 0.1) is 0 Å². The number of carbonyl (C=O) groups excluding carboxylic acids is 1. The molecular weight excluding hydrogens is 203 g/mol. The van der Waals surface area contributed by atoms with Gasteiger partial charge >= 0.3 is 5.97 Å². The van der Waals surface area contributed by atoms with E-state index < -0.39 is 0 Å². The van der Waals surface area contributed by atoms with Gasteiger partial charge in [-0.2, -0.15) is 0 Å². The number of rotatable bonds is 5. The van der Waals surface area contributed by atoms with Crippen molar-refractivity contribution >= 4 is 19.3 Å². The molecule has 0 N–H and O–H groups in total. The highest BCUT2D eigenvalue weighted by Crippen LogP contribution is 2.11. The van der Waals surface area contributed by atoms with Crippen molar-refractivity contribution in [1.82, 2.24) is 0 Å². The first-order valence-electron chi connectivity index (χ1n) is 5.50. The van der Waals surface area contributed by atoms with Gasteiger partial charge < -0.3 is 9.47 Å². The van der Waals surface area contributed by atoms with E-state index in [4.69, 9.17) is 4.74 Å². The van der Waals surface area contributed by atoms with Crippen LogP contribution in [0.5, 0.6) is 5.75 Å². The van der Waals surface area contributed by atoms with Gasteiger partial charge in [-0.25, -0.2) is 4.79 Å². The van der Waals surface area contributed by atoms with E-state index in [-0.39, 0.29) is 5.97 Å². The molecule has 0 aliphatic heterocycles. The summed E-state index contributed by atoms with van der Waals surface area (Å²) >= 11 is 0. The summed E-state index contributed by atoms with van der Waals surface area (Å²) in [5.74, 6) is 0.427. The fourth-order valence-corrected chi connectivity index (χ4v) is 1.33. The Bertz CT molecular complexity index is 363. The second kappa shape index (κ2) is 6.21. The molecule has 0 heterocycles. The Balaban J connectivity index is 2.78. The maximum atomic E-state index is 11.3. The molecule has 0 radical (unpaired) electrons. The van der Waals surface area contributed by atoms with Gasteiger partial charge in [0.15, 0.2) is 0 Å². The first-order valence-corrected chi connectivity index (χ1v) is 5.50. The molecule has 0 aliphatic carbocycles. The number of ether oxygens (including phenoxy) is 2. The zero-order chi connectivity index (χ0) is 12.0. The Hall–Kier alpha value is -1.45. The van der Waals surface area contributed by atoms with E-state index in [1.165, 1.54) is 7.11 Å². The molecule has 0 unspecified atom stereocenters. The quantitative estimate of drug-likeness (QED) is 0.420. The van der Waals surface area contributed by atoms with Gasteiger partial charge in [0.1, 0.15) is 13.6 Å². The van der Waals surface area contributed by atoms with Crippen molar-refractivity contribution in [3.63, 3.8) is 0 Å². The standard InChI is InChI=1S/C12H17BO3/c1-3-4-7-16-11-8-9(12(14)15-2)5-6-10(11)13/h5-6,8H,3-4,7,13H2,1-2H3. The summed E-state index contributed by atoms with van der Waals surface area (Å²) in [6, 6.07) is 5.35. The molecule has 86 valence electrons. The average molecular weight is 220 g/mol. The molecule has 0 spiro atoms. The van der Waals surface area contributed by atoms with Crippen molar-refractivity contribution in [2.45, 2.75) is 19.8 Å². The van der Waals surface area contributed by atoms with Crippen molar-refractivity contribution in [2.24, 2.45) is 0 Å². The highest BCUT2D eigenvalue weighted by molar-refractivity contribution is 6.34. The molecule has 4 heteroatoms. The minimum Gasteiger partial charge on any atom is -0.494 e. The average Bonchev–Trinajstić information content (AvgIpc) is 2.31. The number of carbonyl (C=O) groups is 1. The van der Waals surface area contributed by atoms with Gasteiger partial charge in [-0.3, -0.25) is 0 Å². The van der Waals surface area contributed by atoms with Gasteiger partial charge in [-0.15, -0.1) is 0 Å². The highest BCUT2D eigenvalue weighted by Gasteiger charge is 2.08. The Morgan fingerprint density at radius 3 is 2.81 bits per heavy atom. The van der Waals surface area contributed by atoms with Crippen molar-refractivity contribution < 1.29 is 14.3 Å². The zero-order valence-electron chi connectivity index (χ0n) is 10.1. The lowest BCUT2D eigenvalue weighted by atomic mass is 9.94. The van der Waals surface area contributed by atoms with E-state index in [0.717, 1.165) is 24.1 Å². The molecule has 1 aromatic carbocycles. The summed E-state index contributed by atoms with van der Waals surface area (Å²) in [6.45, 7) is 2.79. The fourth-order valence-electron chi connectivity index (χ4n) is 1.33. The molecular formula is C12H17BO3. The second-order valence-corrected chi connectivity index (χ2v) is 3.67. The molecule has 1 rings (SSSR count). The molecule has 0 aliphatic rings. The molecule has 0 aromatic heterocycles. The Morgan fingerprint density at radius 1 is 1.44 bits per heavy atom. The SMILES string of the molecule is Bc1ccc(C(=O)OC)cc1OCCCC. The van der Waals surface area contributed by atoms with Gasteiger partial charge in [0.2, 0.25) is 0 Å². The monoisotopic (exact) mass is 220 g/mol. The lowest BCUT2D eigenvalue weighted by molar-refractivity contribution is 0.0600. The van der Waals surface area contributed by atoms with Crippen LogP contribution < -0.4 is 10.2 Å². The third kappa shape index (κ3) is 3.30. The molecule has 0 fully saturated rings. The van der Waals surface area contributed by atoms with Crippen molar-refractivity contribution in [1.29, 1.82) is 0 Å². The third-order valence-electron chi connectivity index (χ3n) is 2.36. The summed E-state index contributed by atoms with van der Waals surface area (Å²) in [6.07, 6.45) is 2.11. The second-order valence-electron chi connectivity index (χ2n) is 3.67. The number of methoxy groups -OCH3 is 1. The van der Waals surface area contributed by atoms with E-state index in [0.29, 0.717) is 12.2 Å². The van der Waals surface area contributed by atoms with Gasteiger partial charge in [-0.1, -0.05) is 19.4 Å². The number of unbranched alkanes of at least 4 members (excludes halogenated alkanes) is 1.